The quantitative estimate of drug-likeness (QED) is 0.899. The van der Waals surface area contributed by atoms with Crippen LogP contribution < -0.4 is 4.74 Å². The van der Waals surface area contributed by atoms with Gasteiger partial charge in [-0.2, -0.15) is 0 Å². The zero-order chi connectivity index (χ0) is 13.8. The number of nitrogens with zero attached hydrogens (tertiary/aromatic N) is 1. The van der Waals surface area contributed by atoms with Crippen LogP contribution in [-0.2, 0) is 4.79 Å². The van der Waals surface area contributed by atoms with E-state index in [4.69, 9.17) is 9.84 Å². The van der Waals surface area contributed by atoms with Crippen molar-refractivity contribution >= 4 is 11.9 Å². The molecule has 102 valence electrons. The molecule has 1 heterocycles. The van der Waals surface area contributed by atoms with Crippen molar-refractivity contribution in [1.82, 2.24) is 4.90 Å². The molecule has 1 atom stereocenters. The maximum absolute atomic E-state index is 12.5. The van der Waals surface area contributed by atoms with Crippen LogP contribution in [-0.4, -0.2) is 41.6 Å². The summed E-state index contributed by atoms with van der Waals surface area (Å²) in [5.41, 5.74) is 0.488. The Balaban J connectivity index is 2.20. The molecule has 1 unspecified atom stereocenters. The molecule has 5 nitrogen and oxygen atoms in total. The van der Waals surface area contributed by atoms with E-state index in [1.807, 2.05) is 0 Å². The molecule has 1 aliphatic rings. The number of carbonyl (C=O) groups excluding carboxylic acids is 1. The highest BCUT2D eigenvalue weighted by atomic mass is 16.5. The molecule has 19 heavy (non-hydrogen) atoms. The van der Waals surface area contributed by atoms with Crippen molar-refractivity contribution in [3.63, 3.8) is 0 Å². The summed E-state index contributed by atoms with van der Waals surface area (Å²) in [7, 11) is 1.52. The summed E-state index contributed by atoms with van der Waals surface area (Å²) < 4.78 is 5.18. The number of ether oxygens (including phenoxy) is 1. The number of aliphatic carboxylic acids is 1. The number of rotatable bonds is 4. The zero-order valence-electron chi connectivity index (χ0n) is 10.8. The number of benzene rings is 1. The molecule has 0 saturated carbocycles. The molecule has 2 rings (SSSR count). The molecule has 0 bridgehead atoms. The molecule has 0 aliphatic carbocycles. The Morgan fingerprint density at radius 2 is 2.16 bits per heavy atom. The van der Waals surface area contributed by atoms with Gasteiger partial charge in [-0.1, -0.05) is 12.1 Å². The fourth-order valence-corrected chi connectivity index (χ4v) is 2.49. The molecule has 1 saturated heterocycles. The van der Waals surface area contributed by atoms with Crippen molar-refractivity contribution in [3.8, 4) is 5.75 Å². The van der Waals surface area contributed by atoms with Crippen LogP contribution in [0.5, 0.6) is 5.75 Å². The van der Waals surface area contributed by atoms with E-state index in [-0.39, 0.29) is 18.4 Å². The molecule has 1 aromatic carbocycles. The predicted octanol–water partition coefficient (Wildman–Crippen LogP) is 1.77. The summed E-state index contributed by atoms with van der Waals surface area (Å²) in [4.78, 5) is 24.9. The highest BCUT2D eigenvalue weighted by Gasteiger charge is 2.31. The summed E-state index contributed by atoms with van der Waals surface area (Å²) in [6.07, 6.45) is 1.59. The third kappa shape index (κ3) is 2.86. The number of hydrogen-bond donors (Lipinski definition) is 1. The van der Waals surface area contributed by atoms with Crippen LogP contribution >= 0.6 is 0 Å². The SMILES string of the molecule is COc1ccccc1C(=O)N1CCCC1CC(=O)O. The Morgan fingerprint density at radius 1 is 1.42 bits per heavy atom. The number of carboxylic acid groups (broad SMARTS) is 1. The number of carbonyl (C=O) groups is 2. The van der Waals surface area contributed by atoms with Crippen LogP contribution in [0.4, 0.5) is 0 Å². The van der Waals surface area contributed by atoms with Crippen LogP contribution in [0, 0.1) is 0 Å². The molecule has 1 aromatic rings. The number of carboxylic acids is 1. The van der Waals surface area contributed by atoms with E-state index >= 15 is 0 Å². The first-order chi connectivity index (χ1) is 9.13. The van der Waals surface area contributed by atoms with E-state index in [1.54, 1.807) is 29.2 Å². The monoisotopic (exact) mass is 263 g/mol. The van der Waals surface area contributed by atoms with Crippen molar-refractivity contribution in [2.75, 3.05) is 13.7 Å². The van der Waals surface area contributed by atoms with Crippen LogP contribution in [0.2, 0.25) is 0 Å². The molecule has 1 fully saturated rings. The lowest BCUT2D eigenvalue weighted by Crippen LogP contribution is -2.37. The Hall–Kier alpha value is -2.04. The molecule has 0 spiro atoms. The van der Waals surface area contributed by atoms with Gasteiger partial charge in [0.2, 0.25) is 0 Å². The lowest BCUT2D eigenvalue weighted by molar-refractivity contribution is -0.137. The number of para-hydroxylation sites is 1. The van der Waals surface area contributed by atoms with Gasteiger partial charge in [0.25, 0.3) is 5.91 Å². The standard InChI is InChI=1S/C14H17NO4/c1-19-12-7-3-2-6-11(12)14(18)15-8-4-5-10(15)9-13(16)17/h2-3,6-7,10H,4-5,8-9H2,1H3,(H,16,17). The van der Waals surface area contributed by atoms with Gasteiger partial charge in [0, 0.05) is 12.6 Å². The average Bonchev–Trinajstić information content (AvgIpc) is 2.85. The molecule has 0 radical (unpaired) electrons. The van der Waals surface area contributed by atoms with Gasteiger partial charge in [0.15, 0.2) is 0 Å². The Kier molecular flexibility index (Phi) is 4.04. The smallest absolute Gasteiger partial charge is 0.305 e. The fourth-order valence-electron chi connectivity index (χ4n) is 2.49. The third-order valence-corrected chi connectivity index (χ3v) is 3.39. The minimum Gasteiger partial charge on any atom is -0.496 e. The summed E-state index contributed by atoms with van der Waals surface area (Å²) in [5, 5.41) is 8.88. The molecular weight excluding hydrogens is 246 g/mol. The van der Waals surface area contributed by atoms with Crippen LogP contribution in [0.15, 0.2) is 24.3 Å². The minimum atomic E-state index is -0.871. The van der Waals surface area contributed by atoms with Gasteiger partial charge in [-0.05, 0) is 25.0 Å². The molecule has 1 amide bonds. The summed E-state index contributed by atoms with van der Waals surface area (Å²) in [6.45, 7) is 0.606. The van der Waals surface area contributed by atoms with Gasteiger partial charge in [-0.3, -0.25) is 9.59 Å². The Labute approximate surface area is 111 Å². The highest BCUT2D eigenvalue weighted by molar-refractivity contribution is 5.97. The second-order valence-corrected chi connectivity index (χ2v) is 4.59. The normalized spacial score (nSPS) is 18.4. The average molecular weight is 263 g/mol. The molecule has 1 N–H and O–H groups in total. The second-order valence-electron chi connectivity index (χ2n) is 4.59. The first kappa shape index (κ1) is 13.4. The maximum atomic E-state index is 12.5. The summed E-state index contributed by atoms with van der Waals surface area (Å²) >= 11 is 0. The topological polar surface area (TPSA) is 66.8 Å². The summed E-state index contributed by atoms with van der Waals surface area (Å²) in [5.74, 6) is -0.501. The largest absolute Gasteiger partial charge is 0.496 e. The maximum Gasteiger partial charge on any atom is 0.305 e. The van der Waals surface area contributed by atoms with E-state index < -0.39 is 5.97 Å². The van der Waals surface area contributed by atoms with E-state index in [0.29, 0.717) is 17.9 Å². The van der Waals surface area contributed by atoms with Crippen molar-refractivity contribution < 1.29 is 19.4 Å². The Bertz CT molecular complexity index is 486. The van der Waals surface area contributed by atoms with Crippen LogP contribution in [0.3, 0.4) is 0 Å². The highest BCUT2D eigenvalue weighted by Crippen LogP contribution is 2.26. The first-order valence-electron chi connectivity index (χ1n) is 6.29. The zero-order valence-corrected chi connectivity index (χ0v) is 10.8. The fraction of sp³-hybridized carbons (Fsp3) is 0.429. The van der Waals surface area contributed by atoms with E-state index in [9.17, 15) is 9.59 Å². The van der Waals surface area contributed by atoms with Crippen LogP contribution in [0.25, 0.3) is 0 Å². The van der Waals surface area contributed by atoms with Gasteiger partial charge in [0.1, 0.15) is 5.75 Å². The second kappa shape index (κ2) is 5.73. The number of hydrogen-bond acceptors (Lipinski definition) is 3. The number of methoxy groups -OCH3 is 1. The molecule has 1 aliphatic heterocycles. The van der Waals surface area contributed by atoms with Gasteiger partial charge in [0.05, 0.1) is 19.1 Å². The third-order valence-electron chi connectivity index (χ3n) is 3.39. The summed E-state index contributed by atoms with van der Waals surface area (Å²) in [6, 6.07) is 6.80. The number of likely N-dealkylation sites (tertiary alicyclic amines) is 1. The lowest BCUT2D eigenvalue weighted by Gasteiger charge is -2.24. The first-order valence-corrected chi connectivity index (χ1v) is 6.29. The van der Waals surface area contributed by atoms with Crippen LogP contribution in [0.1, 0.15) is 29.6 Å². The van der Waals surface area contributed by atoms with Crippen molar-refractivity contribution in [3.05, 3.63) is 29.8 Å². The lowest BCUT2D eigenvalue weighted by atomic mass is 10.1. The van der Waals surface area contributed by atoms with Gasteiger partial charge in [-0.25, -0.2) is 0 Å². The van der Waals surface area contributed by atoms with Crippen molar-refractivity contribution in [2.45, 2.75) is 25.3 Å². The number of amides is 1. The van der Waals surface area contributed by atoms with Crippen molar-refractivity contribution in [2.24, 2.45) is 0 Å². The van der Waals surface area contributed by atoms with E-state index in [1.165, 1.54) is 7.11 Å². The predicted molar refractivity (Wildman–Crippen MR) is 69.3 cm³/mol. The van der Waals surface area contributed by atoms with E-state index in [0.717, 1.165) is 12.8 Å². The molecule has 0 aromatic heterocycles. The molecular formula is C14H17NO4. The van der Waals surface area contributed by atoms with Gasteiger partial charge in [-0.15, -0.1) is 0 Å². The van der Waals surface area contributed by atoms with Gasteiger partial charge < -0.3 is 14.7 Å². The molecule has 5 heteroatoms. The Morgan fingerprint density at radius 3 is 2.84 bits per heavy atom. The minimum absolute atomic E-state index is 0.000882. The van der Waals surface area contributed by atoms with E-state index in [2.05, 4.69) is 0 Å². The van der Waals surface area contributed by atoms with Crippen molar-refractivity contribution in [1.29, 1.82) is 0 Å². The van der Waals surface area contributed by atoms with Gasteiger partial charge >= 0.3 is 5.97 Å².